The normalized spacial score (nSPS) is 13.9. The van der Waals surface area contributed by atoms with E-state index in [0.717, 1.165) is 12.1 Å². The number of carbonyl (C=O) groups excluding carboxylic acids is 2. The van der Waals surface area contributed by atoms with Gasteiger partial charge in [0.05, 0.1) is 5.70 Å². The lowest BCUT2D eigenvalue weighted by Gasteiger charge is -2.15. The quantitative estimate of drug-likeness (QED) is 0.887. The van der Waals surface area contributed by atoms with Crippen molar-refractivity contribution >= 4 is 34.5 Å². The van der Waals surface area contributed by atoms with E-state index in [2.05, 4.69) is 10.3 Å². The number of hydrogen-bond acceptors (Lipinski definition) is 6. The van der Waals surface area contributed by atoms with Crippen LogP contribution in [0.15, 0.2) is 36.0 Å². The molecule has 0 radical (unpaired) electrons. The fourth-order valence-electron chi connectivity index (χ4n) is 2.29. The average molecular weight is 362 g/mol. The molecule has 124 valence electrons. The number of aromatic nitrogens is 1. The van der Waals surface area contributed by atoms with Gasteiger partial charge in [-0.1, -0.05) is 23.7 Å². The summed E-state index contributed by atoms with van der Waals surface area (Å²) in [5.74, 6) is -0.422. The summed E-state index contributed by atoms with van der Waals surface area (Å²) < 4.78 is 0. The van der Waals surface area contributed by atoms with Crippen molar-refractivity contribution in [2.45, 2.75) is 0 Å². The lowest BCUT2D eigenvalue weighted by molar-refractivity contribution is 0.0977. The second kappa shape index (κ2) is 6.84. The molecule has 1 N–H and O–H groups in total. The standard InChI is InChI=1S/C17H16ClN3O2S/c1-21(2)8-7-19-12-9-13(22)16-14(15(12)23)20-17(24-16)10-3-5-11(18)6-4-10/h3-6,9,19H,7-8H2,1-2H3. The number of carbonyl (C=O) groups is 2. The summed E-state index contributed by atoms with van der Waals surface area (Å²) in [6.07, 6.45) is 1.37. The molecule has 2 aromatic rings. The van der Waals surface area contributed by atoms with Gasteiger partial charge in [-0.3, -0.25) is 9.59 Å². The van der Waals surface area contributed by atoms with Crippen LogP contribution in [0.3, 0.4) is 0 Å². The van der Waals surface area contributed by atoms with Crippen LogP contribution in [0.4, 0.5) is 0 Å². The number of rotatable bonds is 5. The summed E-state index contributed by atoms with van der Waals surface area (Å²) in [7, 11) is 3.89. The van der Waals surface area contributed by atoms with Crippen molar-refractivity contribution in [1.82, 2.24) is 15.2 Å². The monoisotopic (exact) mass is 361 g/mol. The predicted molar refractivity (Wildman–Crippen MR) is 95.9 cm³/mol. The number of thiazole rings is 1. The molecule has 0 spiro atoms. The molecular weight excluding hydrogens is 346 g/mol. The third-order valence-electron chi connectivity index (χ3n) is 3.55. The maximum atomic E-state index is 12.6. The maximum absolute atomic E-state index is 12.6. The van der Waals surface area contributed by atoms with Gasteiger partial charge in [-0.2, -0.15) is 0 Å². The van der Waals surface area contributed by atoms with Gasteiger partial charge in [0.2, 0.25) is 5.78 Å². The number of halogens is 1. The molecule has 0 atom stereocenters. The van der Waals surface area contributed by atoms with Gasteiger partial charge in [-0.05, 0) is 26.2 Å². The van der Waals surface area contributed by atoms with E-state index >= 15 is 0 Å². The van der Waals surface area contributed by atoms with Crippen molar-refractivity contribution in [3.63, 3.8) is 0 Å². The molecule has 1 aliphatic rings. The number of ketones is 2. The molecule has 1 aliphatic carbocycles. The van der Waals surface area contributed by atoms with Crippen LogP contribution >= 0.6 is 22.9 Å². The van der Waals surface area contributed by atoms with Crippen LogP contribution in [-0.4, -0.2) is 48.6 Å². The Balaban J connectivity index is 1.85. The Labute approximate surface area is 149 Å². The van der Waals surface area contributed by atoms with Gasteiger partial charge in [-0.25, -0.2) is 4.98 Å². The lowest BCUT2D eigenvalue weighted by Crippen LogP contribution is -2.31. The van der Waals surface area contributed by atoms with E-state index in [1.165, 1.54) is 17.4 Å². The van der Waals surface area contributed by atoms with Gasteiger partial charge in [-0.15, -0.1) is 11.3 Å². The molecule has 1 heterocycles. The molecule has 0 fully saturated rings. The zero-order chi connectivity index (χ0) is 17.3. The highest BCUT2D eigenvalue weighted by molar-refractivity contribution is 7.17. The molecule has 1 aromatic carbocycles. The Morgan fingerprint density at radius 3 is 2.58 bits per heavy atom. The van der Waals surface area contributed by atoms with Gasteiger partial charge >= 0.3 is 0 Å². The molecule has 0 saturated carbocycles. The van der Waals surface area contributed by atoms with Crippen molar-refractivity contribution in [2.24, 2.45) is 0 Å². The van der Waals surface area contributed by atoms with Crippen LogP contribution in [0.5, 0.6) is 0 Å². The fourth-order valence-corrected chi connectivity index (χ4v) is 3.40. The summed E-state index contributed by atoms with van der Waals surface area (Å²) in [6, 6.07) is 7.16. The topological polar surface area (TPSA) is 62.3 Å². The van der Waals surface area contributed by atoms with E-state index in [1.54, 1.807) is 12.1 Å². The lowest BCUT2D eigenvalue weighted by atomic mass is 10.0. The molecule has 0 amide bonds. The van der Waals surface area contributed by atoms with E-state index in [0.29, 0.717) is 27.1 Å². The van der Waals surface area contributed by atoms with Crippen LogP contribution in [0.1, 0.15) is 20.2 Å². The number of fused-ring (bicyclic) bond motifs is 1. The maximum Gasteiger partial charge on any atom is 0.228 e. The van der Waals surface area contributed by atoms with E-state index in [4.69, 9.17) is 11.6 Å². The minimum Gasteiger partial charge on any atom is -0.380 e. The summed E-state index contributed by atoms with van der Waals surface area (Å²) in [5.41, 5.74) is 1.37. The Kier molecular flexibility index (Phi) is 4.80. The van der Waals surface area contributed by atoms with E-state index < -0.39 is 0 Å². The Morgan fingerprint density at radius 2 is 1.92 bits per heavy atom. The first-order valence-corrected chi connectivity index (χ1v) is 8.61. The van der Waals surface area contributed by atoms with Gasteiger partial charge in [0.1, 0.15) is 15.6 Å². The molecular formula is C17H16ClN3O2S. The van der Waals surface area contributed by atoms with Crippen LogP contribution in [0.2, 0.25) is 5.02 Å². The number of allylic oxidation sites excluding steroid dienone is 2. The van der Waals surface area contributed by atoms with Crippen molar-refractivity contribution in [3.8, 4) is 10.6 Å². The summed E-state index contributed by atoms with van der Waals surface area (Å²) >= 11 is 7.12. The summed E-state index contributed by atoms with van der Waals surface area (Å²) in [5, 5.41) is 4.29. The van der Waals surface area contributed by atoms with Crippen molar-refractivity contribution in [1.29, 1.82) is 0 Å². The first-order valence-electron chi connectivity index (χ1n) is 7.42. The number of Topliss-reactive ketones (excluding diaryl/α,β-unsaturated/α-hetero) is 1. The number of likely N-dealkylation sites (N-methyl/N-ethyl adjacent to an activating group) is 1. The molecule has 0 aliphatic heterocycles. The Morgan fingerprint density at radius 1 is 1.21 bits per heavy atom. The number of hydrogen-bond donors (Lipinski definition) is 1. The third kappa shape index (κ3) is 3.40. The summed E-state index contributed by atoms with van der Waals surface area (Å²) in [4.78, 5) is 31.6. The molecule has 5 nitrogen and oxygen atoms in total. The van der Waals surface area contributed by atoms with Crippen molar-refractivity contribution < 1.29 is 9.59 Å². The van der Waals surface area contributed by atoms with Gasteiger partial charge < -0.3 is 10.2 Å². The highest BCUT2D eigenvalue weighted by atomic mass is 35.5. The molecule has 24 heavy (non-hydrogen) atoms. The number of benzene rings is 1. The minimum absolute atomic E-state index is 0.185. The highest BCUT2D eigenvalue weighted by Gasteiger charge is 2.30. The van der Waals surface area contributed by atoms with Crippen molar-refractivity contribution in [2.75, 3.05) is 27.2 Å². The smallest absolute Gasteiger partial charge is 0.228 e. The van der Waals surface area contributed by atoms with E-state index in [9.17, 15) is 9.59 Å². The molecule has 0 unspecified atom stereocenters. The van der Waals surface area contributed by atoms with Gasteiger partial charge in [0.15, 0.2) is 5.78 Å². The van der Waals surface area contributed by atoms with Crippen LogP contribution < -0.4 is 5.32 Å². The van der Waals surface area contributed by atoms with E-state index in [-0.39, 0.29) is 17.3 Å². The molecule has 0 bridgehead atoms. The predicted octanol–water partition coefficient (Wildman–Crippen LogP) is 2.88. The SMILES string of the molecule is CN(C)CCNC1=CC(=O)c2sc(-c3ccc(Cl)cc3)nc2C1=O. The molecule has 3 rings (SSSR count). The highest BCUT2D eigenvalue weighted by Crippen LogP contribution is 2.32. The molecule has 7 heteroatoms. The Hall–Kier alpha value is -2.02. The molecule has 0 saturated heterocycles. The third-order valence-corrected chi connectivity index (χ3v) is 4.92. The van der Waals surface area contributed by atoms with Gasteiger partial charge in [0, 0.05) is 29.8 Å². The zero-order valence-electron chi connectivity index (χ0n) is 13.3. The largest absolute Gasteiger partial charge is 0.380 e. The Bertz CT molecular complexity index is 825. The van der Waals surface area contributed by atoms with E-state index in [1.807, 2.05) is 31.1 Å². The van der Waals surface area contributed by atoms with Crippen molar-refractivity contribution in [3.05, 3.63) is 51.6 Å². The first kappa shape index (κ1) is 16.8. The minimum atomic E-state index is -0.236. The molecule has 1 aromatic heterocycles. The van der Waals surface area contributed by atoms with Crippen LogP contribution in [-0.2, 0) is 0 Å². The fraction of sp³-hybridized carbons (Fsp3) is 0.235. The number of nitrogens with one attached hydrogen (secondary N) is 1. The second-order valence-corrected chi connectivity index (χ2v) is 7.12. The van der Waals surface area contributed by atoms with Crippen LogP contribution in [0.25, 0.3) is 10.6 Å². The zero-order valence-corrected chi connectivity index (χ0v) is 14.9. The first-order chi connectivity index (χ1) is 11.5. The number of nitrogens with zero attached hydrogens (tertiary/aromatic N) is 2. The van der Waals surface area contributed by atoms with Gasteiger partial charge in [0.25, 0.3) is 0 Å². The second-order valence-electron chi connectivity index (χ2n) is 5.69. The summed E-state index contributed by atoms with van der Waals surface area (Å²) in [6.45, 7) is 1.35. The van der Waals surface area contributed by atoms with Crippen LogP contribution in [0, 0.1) is 0 Å². The average Bonchev–Trinajstić information content (AvgIpc) is 2.98.